The molecule has 1 fully saturated rings. The van der Waals surface area contributed by atoms with Gasteiger partial charge in [-0.2, -0.15) is 0 Å². The summed E-state index contributed by atoms with van der Waals surface area (Å²) in [7, 11) is 0. The Morgan fingerprint density at radius 2 is 1.82 bits per heavy atom. The summed E-state index contributed by atoms with van der Waals surface area (Å²) in [5, 5.41) is 10.6. The predicted molar refractivity (Wildman–Crippen MR) is 86.4 cm³/mol. The summed E-state index contributed by atoms with van der Waals surface area (Å²) < 4.78 is 0. The van der Waals surface area contributed by atoms with Crippen molar-refractivity contribution >= 4 is 17.4 Å². The fourth-order valence-electron chi connectivity index (χ4n) is 2.60. The summed E-state index contributed by atoms with van der Waals surface area (Å²) in [6, 6.07) is 11.0. The zero-order chi connectivity index (χ0) is 15.4. The van der Waals surface area contributed by atoms with Crippen molar-refractivity contribution in [2.75, 3.05) is 18.0 Å². The molecule has 1 saturated heterocycles. The summed E-state index contributed by atoms with van der Waals surface area (Å²) in [6.07, 6.45) is 5.60. The Labute approximate surface area is 129 Å². The summed E-state index contributed by atoms with van der Waals surface area (Å²) >= 11 is 0. The second kappa shape index (κ2) is 6.39. The number of amides is 1. The largest absolute Gasteiger partial charge is 0.372 e. The van der Waals surface area contributed by atoms with Crippen molar-refractivity contribution in [1.82, 2.24) is 10.3 Å². The third kappa shape index (κ3) is 3.14. The first-order valence-electron chi connectivity index (χ1n) is 7.39. The van der Waals surface area contributed by atoms with Gasteiger partial charge in [-0.1, -0.05) is 6.07 Å². The van der Waals surface area contributed by atoms with Crippen molar-refractivity contribution in [1.29, 1.82) is 5.41 Å². The van der Waals surface area contributed by atoms with Gasteiger partial charge in [0.1, 0.15) is 5.84 Å². The van der Waals surface area contributed by atoms with Crippen molar-refractivity contribution < 1.29 is 4.79 Å². The molecule has 1 amide bonds. The number of amidine groups is 1. The van der Waals surface area contributed by atoms with E-state index >= 15 is 0 Å². The lowest BCUT2D eigenvalue weighted by Gasteiger charge is -2.18. The number of carbonyl (C=O) groups excluding carboxylic acids is 1. The highest BCUT2D eigenvalue weighted by Crippen LogP contribution is 2.21. The van der Waals surface area contributed by atoms with Gasteiger partial charge in [0.25, 0.3) is 5.91 Å². The van der Waals surface area contributed by atoms with Crippen LogP contribution in [0.1, 0.15) is 28.8 Å². The maximum Gasteiger partial charge on any atom is 0.256 e. The minimum Gasteiger partial charge on any atom is -0.372 e. The highest BCUT2D eigenvalue weighted by Gasteiger charge is 2.15. The minimum atomic E-state index is -0.261. The van der Waals surface area contributed by atoms with Gasteiger partial charge in [0, 0.05) is 42.3 Å². The maximum atomic E-state index is 12.3. The molecule has 0 radical (unpaired) electrons. The molecule has 1 aliphatic rings. The molecule has 0 bridgehead atoms. The van der Waals surface area contributed by atoms with Crippen LogP contribution in [0.3, 0.4) is 0 Å². The SMILES string of the molecule is N=C(NC(=O)c1cccc(N2CCCC2)c1)c1ccncc1. The molecule has 3 rings (SSSR count). The summed E-state index contributed by atoms with van der Waals surface area (Å²) in [5.74, 6) is -0.179. The van der Waals surface area contributed by atoms with E-state index in [2.05, 4.69) is 15.2 Å². The van der Waals surface area contributed by atoms with Gasteiger partial charge in [-0.3, -0.25) is 15.2 Å². The van der Waals surface area contributed by atoms with E-state index in [4.69, 9.17) is 5.41 Å². The first-order chi connectivity index (χ1) is 10.7. The van der Waals surface area contributed by atoms with Crippen molar-refractivity contribution in [2.24, 2.45) is 0 Å². The molecule has 112 valence electrons. The van der Waals surface area contributed by atoms with Crippen LogP contribution in [0.15, 0.2) is 48.8 Å². The van der Waals surface area contributed by atoms with Gasteiger partial charge in [0.05, 0.1) is 0 Å². The molecular weight excluding hydrogens is 276 g/mol. The Hall–Kier alpha value is -2.69. The Morgan fingerprint density at radius 3 is 2.55 bits per heavy atom. The van der Waals surface area contributed by atoms with Crippen LogP contribution in [0.4, 0.5) is 5.69 Å². The summed E-state index contributed by atoms with van der Waals surface area (Å²) in [5.41, 5.74) is 2.28. The first-order valence-corrected chi connectivity index (χ1v) is 7.39. The highest BCUT2D eigenvalue weighted by atomic mass is 16.1. The number of hydrogen-bond acceptors (Lipinski definition) is 4. The molecule has 0 spiro atoms. The molecule has 5 heteroatoms. The lowest BCUT2D eigenvalue weighted by molar-refractivity contribution is 0.0977. The van der Waals surface area contributed by atoms with E-state index in [1.54, 1.807) is 30.6 Å². The lowest BCUT2D eigenvalue weighted by Crippen LogP contribution is -2.30. The number of rotatable bonds is 3. The van der Waals surface area contributed by atoms with E-state index in [0.29, 0.717) is 11.1 Å². The van der Waals surface area contributed by atoms with Crippen molar-refractivity contribution in [2.45, 2.75) is 12.8 Å². The maximum absolute atomic E-state index is 12.3. The molecule has 22 heavy (non-hydrogen) atoms. The zero-order valence-electron chi connectivity index (χ0n) is 12.2. The van der Waals surface area contributed by atoms with Crippen LogP contribution in [0.5, 0.6) is 0 Å². The fraction of sp³-hybridized carbons (Fsp3) is 0.235. The highest BCUT2D eigenvalue weighted by molar-refractivity contribution is 6.11. The normalized spacial score (nSPS) is 13.9. The van der Waals surface area contributed by atoms with E-state index in [1.807, 2.05) is 18.2 Å². The molecular formula is C17H18N4O. The van der Waals surface area contributed by atoms with Crippen LogP contribution in [0.25, 0.3) is 0 Å². The number of pyridine rings is 1. The smallest absolute Gasteiger partial charge is 0.256 e. The number of nitrogens with one attached hydrogen (secondary N) is 2. The van der Waals surface area contributed by atoms with Crippen LogP contribution in [0, 0.1) is 5.41 Å². The van der Waals surface area contributed by atoms with Crippen LogP contribution in [-0.4, -0.2) is 29.8 Å². The molecule has 1 aliphatic heterocycles. The molecule has 2 N–H and O–H groups in total. The standard InChI is InChI=1S/C17H18N4O/c18-16(13-6-8-19-9-7-13)20-17(22)14-4-3-5-15(12-14)21-10-1-2-11-21/h3-9,12H,1-2,10-11H2,(H2,18,20,22). The third-order valence-corrected chi connectivity index (χ3v) is 3.79. The van der Waals surface area contributed by atoms with Gasteiger partial charge >= 0.3 is 0 Å². The van der Waals surface area contributed by atoms with E-state index in [9.17, 15) is 4.79 Å². The Morgan fingerprint density at radius 1 is 1.09 bits per heavy atom. The monoisotopic (exact) mass is 294 g/mol. The average molecular weight is 294 g/mol. The molecule has 0 atom stereocenters. The second-order valence-electron chi connectivity index (χ2n) is 5.31. The number of nitrogens with zero attached hydrogens (tertiary/aromatic N) is 2. The average Bonchev–Trinajstić information content (AvgIpc) is 3.10. The number of hydrogen-bond donors (Lipinski definition) is 2. The van der Waals surface area contributed by atoms with Crippen molar-refractivity contribution in [3.8, 4) is 0 Å². The van der Waals surface area contributed by atoms with E-state index in [-0.39, 0.29) is 11.7 Å². The van der Waals surface area contributed by atoms with Gasteiger partial charge in [0.2, 0.25) is 0 Å². The molecule has 1 aromatic heterocycles. The fourth-order valence-corrected chi connectivity index (χ4v) is 2.60. The minimum absolute atomic E-state index is 0.0824. The molecule has 0 aliphatic carbocycles. The zero-order valence-corrected chi connectivity index (χ0v) is 12.2. The Bertz CT molecular complexity index is 678. The van der Waals surface area contributed by atoms with E-state index < -0.39 is 0 Å². The lowest BCUT2D eigenvalue weighted by atomic mass is 10.1. The third-order valence-electron chi connectivity index (χ3n) is 3.79. The second-order valence-corrected chi connectivity index (χ2v) is 5.31. The first kappa shape index (κ1) is 14.3. The van der Waals surface area contributed by atoms with Gasteiger partial charge in [0.15, 0.2) is 0 Å². The van der Waals surface area contributed by atoms with Gasteiger partial charge < -0.3 is 10.2 Å². The number of aromatic nitrogens is 1. The van der Waals surface area contributed by atoms with Crippen LogP contribution < -0.4 is 10.2 Å². The van der Waals surface area contributed by atoms with Gasteiger partial charge in [-0.15, -0.1) is 0 Å². The predicted octanol–water partition coefficient (Wildman–Crippen LogP) is 2.44. The van der Waals surface area contributed by atoms with E-state index in [0.717, 1.165) is 18.8 Å². The topological polar surface area (TPSA) is 69.1 Å². The summed E-state index contributed by atoms with van der Waals surface area (Å²) in [4.78, 5) is 18.5. The molecule has 0 saturated carbocycles. The number of benzene rings is 1. The quantitative estimate of drug-likeness (QED) is 0.675. The van der Waals surface area contributed by atoms with Crippen LogP contribution in [-0.2, 0) is 0 Å². The summed E-state index contributed by atoms with van der Waals surface area (Å²) in [6.45, 7) is 2.08. The Kier molecular flexibility index (Phi) is 4.14. The number of carbonyl (C=O) groups is 1. The molecule has 5 nitrogen and oxygen atoms in total. The Balaban J connectivity index is 1.72. The molecule has 2 aromatic rings. The van der Waals surface area contributed by atoms with Crippen molar-refractivity contribution in [3.05, 3.63) is 59.9 Å². The molecule has 1 aromatic carbocycles. The van der Waals surface area contributed by atoms with Crippen LogP contribution in [0.2, 0.25) is 0 Å². The van der Waals surface area contributed by atoms with Gasteiger partial charge in [-0.05, 0) is 43.2 Å². The number of anilines is 1. The molecule has 2 heterocycles. The van der Waals surface area contributed by atoms with Crippen molar-refractivity contribution in [3.63, 3.8) is 0 Å². The van der Waals surface area contributed by atoms with E-state index in [1.165, 1.54) is 12.8 Å². The van der Waals surface area contributed by atoms with Crippen LogP contribution >= 0.6 is 0 Å². The molecule has 0 unspecified atom stereocenters. The van der Waals surface area contributed by atoms with Gasteiger partial charge in [-0.25, -0.2) is 0 Å².